The summed E-state index contributed by atoms with van der Waals surface area (Å²) in [7, 11) is -3.43. The molecule has 0 bridgehead atoms. The third kappa shape index (κ3) is 3.94. The molecule has 1 aromatic carbocycles. The number of aromatic nitrogens is 2. The van der Waals surface area contributed by atoms with Gasteiger partial charge in [0.1, 0.15) is 5.03 Å². The Kier molecular flexibility index (Phi) is 4.24. The Morgan fingerprint density at radius 3 is 2.24 bits per heavy atom. The standard InChI is InChI=1S/C12H9F3N2O2S2/c1-21(18,19)9-5-3-2-4-8(9)20-11-7-6-10(16-17-11)12(13,14)15/h2-7H,1H3. The molecule has 0 aliphatic carbocycles. The van der Waals surface area contributed by atoms with Crippen molar-refractivity contribution in [2.75, 3.05) is 6.26 Å². The van der Waals surface area contributed by atoms with E-state index < -0.39 is 21.7 Å². The molecular formula is C12H9F3N2O2S2. The monoisotopic (exact) mass is 334 g/mol. The Labute approximate surface area is 123 Å². The van der Waals surface area contributed by atoms with Crippen LogP contribution in [-0.4, -0.2) is 24.9 Å². The molecule has 0 saturated heterocycles. The smallest absolute Gasteiger partial charge is 0.224 e. The van der Waals surface area contributed by atoms with Crippen LogP contribution in [0, 0.1) is 0 Å². The Morgan fingerprint density at radius 2 is 1.71 bits per heavy atom. The number of halogens is 3. The maximum atomic E-state index is 12.4. The molecule has 0 unspecified atom stereocenters. The number of hydrogen-bond acceptors (Lipinski definition) is 5. The molecule has 0 radical (unpaired) electrons. The molecule has 9 heteroatoms. The quantitative estimate of drug-likeness (QED) is 0.863. The molecule has 0 fully saturated rings. The Morgan fingerprint density at radius 1 is 1.05 bits per heavy atom. The van der Waals surface area contributed by atoms with E-state index in [1.807, 2.05) is 0 Å². The molecule has 1 heterocycles. The summed E-state index contributed by atoms with van der Waals surface area (Å²) in [5.74, 6) is 0. The molecule has 1 aromatic heterocycles. The highest BCUT2D eigenvalue weighted by molar-refractivity contribution is 8.00. The van der Waals surface area contributed by atoms with Crippen LogP contribution in [-0.2, 0) is 16.0 Å². The van der Waals surface area contributed by atoms with E-state index in [4.69, 9.17) is 0 Å². The predicted octanol–water partition coefficient (Wildman–Crippen LogP) is 3.05. The van der Waals surface area contributed by atoms with E-state index >= 15 is 0 Å². The lowest BCUT2D eigenvalue weighted by atomic mass is 10.4. The van der Waals surface area contributed by atoms with Crippen LogP contribution in [0.2, 0.25) is 0 Å². The lowest BCUT2D eigenvalue weighted by molar-refractivity contribution is -0.141. The van der Waals surface area contributed by atoms with Gasteiger partial charge >= 0.3 is 6.18 Å². The first kappa shape index (κ1) is 15.8. The van der Waals surface area contributed by atoms with E-state index in [1.54, 1.807) is 18.2 Å². The summed E-state index contributed by atoms with van der Waals surface area (Å²) in [5, 5.41) is 6.73. The van der Waals surface area contributed by atoms with Crippen molar-refractivity contribution in [3.05, 3.63) is 42.1 Å². The zero-order chi connectivity index (χ0) is 15.7. The first-order chi connectivity index (χ1) is 9.68. The van der Waals surface area contributed by atoms with Crippen molar-refractivity contribution < 1.29 is 21.6 Å². The van der Waals surface area contributed by atoms with Crippen LogP contribution >= 0.6 is 11.8 Å². The van der Waals surface area contributed by atoms with Gasteiger partial charge in [-0.15, -0.1) is 10.2 Å². The van der Waals surface area contributed by atoms with E-state index in [0.717, 1.165) is 30.2 Å². The third-order valence-corrected chi connectivity index (χ3v) is 4.68. The summed E-state index contributed by atoms with van der Waals surface area (Å²) in [6, 6.07) is 8.14. The Balaban J connectivity index is 2.32. The molecule has 0 amide bonds. The summed E-state index contributed by atoms with van der Waals surface area (Å²) in [6.07, 6.45) is -3.49. The SMILES string of the molecule is CS(=O)(=O)c1ccccc1Sc1ccc(C(F)(F)F)nn1. The zero-order valence-electron chi connectivity index (χ0n) is 10.6. The first-order valence-corrected chi connectivity index (χ1v) is 8.26. The van der Waals surface area contributed by atoms with Gasteiger partial charge in [-0.1, -0.05) is 23.9 Å². The molecule has 0 spiro atoms. The van der Waals surface area contributed by atoms with Crippen LogP contribution in [0.15, 0.2) is 51.2 Å². The summed E-state index contributed by atoms with van der Waals surface area (Å²) in [4.78, 5) is 0.478. The van der Waals surface area contributed by atoms with Crippen LogP contribution in [0.3, 0.4) is 0 Å². The molecule has 0 aliphatic heterocycles. The van der Waals surface area contributed by atoms with E-state index in [0.29, 0.717) is 4.90 Å². The van der Waals surface area contributed by atoms with Crippen LogP contribution in [0.5, 0.6) is 0 Å². The number of sulfone groups is 1. The highest BCUT2D eigenvalue weighted by atomic mass is 32.2. The summed E-state index contributed by atoms with van der Waals surface area (Å²) >= 11 is 0.940. The van der Waals surface area contributed by atoms with Gasteiger partial charge in [0.25, 0.3) is 0 Å². The number of nitrogens with zero attached hydrogens (tertiary/aromatic N) is 2. The maximum absolute atomic E-state index is 12.4. The number of alkyl halides is 3. The predicted molar refractivity (Wildman–Crippen MR) is 70.7 cm³/mol. The van der Waals surface area contributed by atoms with Gasteiger partial charge in [0.15, 0.2) is 15.5 Å². The second kappa shape index (κ2) is 5.64. The fraction of sp³-hybridized carbons (Fsp3) is 0.167. The van der Waals surface area contributed by atoms with Crippen LogP contribution in [0.25, 0.3) is 0 Å². The van der Waals surface area contributed by atoms with E-state index in [-0.39, 0.29) is 9.92 Å². The lowest BCUT2D eigenvalue weighted by Gasteiger charge is -2.07. The number of benzene rings is 1. The normalized spacial score (nSPS) is 12.4. The van der Waals surface area contributed by atoms with Crippen LogP contribution < -0.4 is 0 Å². The molecule has 4 nitrogen and oxygen atoms in total. The molecule has 112 valence electrons. The average Bonchev–Trinajstić information content (AvgIpc) is 2.37. The number of rotatable bonds is 3. The van der Waals surface area contributed by atoms with Gasteiger partial charge in [-0.25, -0.2) is 8.42 Å². The average molecular weight is 334 g/mol. The van der Waals surface area contributed by atoms with Crippen LogP contribution in [0.4, 0.5) is 13.2 Å². The first-order valence-electron chi connectivity index (χ1n) is 5.56. The molecule has 0 saturated carbocycles. The van der Waals surface area contributed by atoms with Crippen molar-refractivity contribution in [3.8, 4) is 0 Å². The minimum atomic E-state index is -4.55. The fourth-order valence-electron chi connectivity index (χ4n) is 1.48. The van der Waals surface area contributed by atoms with Gasteiger partial charge in [-0.2, -0.15) is 13.2 Å². The summed E-state index contributed by atoms with van der Waals surface area (Å²) < 4.78 is 60.4. The van der Waals surface area contributed by atoms with Crippen molar-refractivity contribution in [3.63, 3.8) is 0 Å². The van der Waals surface area contributed by atoms with Crippen LogP contribution in [0.1, 0.15) is 5.69 Å². The van der Waals surface area contributed by atoms with Crippen molar-refractivity contribution in [1.82, 2.24) is 10.2 Å². The third-order valence-electron chi connectivity index (χ3n) is 2.39. The molecule has 2 aromatic rings. The molecule has 2 rings (SSSR count). The maximum Gasteiger partial charge on any atom is 0.435 e. The zero-order valence-corrected chi connectivity index (χ0v) is 12.3. The second-order valence-corrected chi connectivity index (χ2v) is 7.12. The molecule has 0 atom stereocenters. The minimum Gasteiger partial charge on any atom is -0.224 e. The second-order valence-electron chi connectivity index (χ2n) is 4.08. The van der Waals surface area contributed by atoms with Gasteiger partial charge in [0.2, 0.25) is 0 Å². The van der Waals surface area contributed by atoms with E-state index in [1.165, 1.54) is 6.07 Å². The molecular weight excluding hydrogens is 325 g/mol. The summed E-state index contributed by atoms with van der Waals surface area (Å²) in [5.41, 5.74) is -1.09. The van der Waals surface area contributed by atoms with Crippen molar-refractivity contribution >= 4 is 21.6 Å². The van der Waals surface area contributed by atoms with Crippen molar-refractivity contribution in [2.45, 2.75) is 21.0 Å². The van der Waals surface area contributed by atoms with Crippen molar-refractivity contribution in [2.24, 2.45) is 0 Å². The lowest BCUT2D eigenvalue weighted by Crippen LogP contribution is -2.08. The van der Waals surface area contributed by atoms with E-state index in [9.17, 15) is 21.6 Å². The highest BCUT2D eigenvalue weighted by Gasteiger charge is 2.32. The van der Waals surface area contributed by atoms with Gasteiger partial charge in [-0.05, 0) is 24.3 Å². The molecule has 0 N–H and O–H groups in total. The van der Waals surface area contributed by atoms with Gasteiger partial charge in [-0.3, -0.25) is 0 Å². The van der Waals surface area contributed by atoms with Gasteiger partial charge in [0, 0.05) is 11.2 Å². The Hall–Kier alpha value is -1.61. The Bertz CT molecular complexity index is 744. The summed E-state index contributed by atoms with van der Waals surface area (Å²) in [6.45, 7) is 0. The minimum absolute atomic E-state index is 0.0942. The van der Waals surface area contributed by atoms with Gasteiger partial charge in [0.05, 0.1) is 4.90 Å². The fourth-order valence-corrected chi connectivity index (χ4v) is 3.58. The van der Waals surface area contributed by atoms with Gasteiger partial charge < -0.3 is 0 Å². The highest BCUT2D eigenvalue weighted by Crippen LogP contribution is 2.33. The van der Waals surface area contributed by atoms with E-state index in [2.05, 4.69) is 10.2 Å². The van der Waals surface area contributed by atoms with Crippen molar-refractivity contribution in [1.29, 1.82) is 0 Å². The molecule has 0 aliphatic rings. The topological polar surface area (TPSA) is 59.9 Å². The largest absolute Gasteiger partial charge is 0.435 e. The molecule has 21 heavy (non-hydrogen) atoms. The number of hydrogen-bond donors (Lipinski definition) is 0.